The number of rotatable bonds is 7. The molecule has 0 radical (unpaired) electrons. The van der Waals surface area contributed by atoms with E-state index in [4.69, 9.17) is 6.42 Å². The molecule has 0 unspecified atom stereocenters. The van der Waals surface area contributed by atoms with Crippen molar-refractivity contribution >= 4 is 5.91 Å². The molecule has 2 aromatic rings. The van der Waals surface area contributed by atoms with Crippen LogP contribution in [0.3, 0.4) is 0 Å². The molecule has 0 saturated heterocycles. The van der Waals surface area contributed by atoms with Gasteiger partial charge < -0.3 is 10.0 Å². The number of amides is 1. The van der Waals surface area contributed by atoms with Crippen molar-refractivity contribution in [1.82, 2.24) is 19.7 Å². The highest BCUT2D eigenvalue weighted by Crippen LogP contribution is 2.41. The summed E-state index contributed by atoms with van der Waals surface area (Å²) in [5.41, 5.74) is 4.09. The molecule has 6 nitrogen and oxygen atoms in total. The van der Waals surface area contributed by atoms with E-state index in [0.717, 1.165) is 11.1 Å². The maximum Gasteiger partial charge on any atom is 0.255 e. The SMILES string of the molecule is C#C/C=C\C(=C/C)C[C@H](O)CN(C)C(=O)c1cncc(C#Cc2cnn(C)c2C2CC2)c1. The number of aryl methyl sites for hydroxylation is 1. The number of hydrogen-bond donors (Lipinski definition) is 1. The molecule has 6 heteroatoms. The fourth-order valence-corrected chi connectivity index (χ4v) is 3.54. The third kappa shape index (κ3) is 5.97. The lowest BCUT2D eigenvalue weighted by atomic mass is 10.1. The van der Waals surface area contributed by atoms with Gasteiger partial charge in [-0.25, -0.2) is 0 Å². The maximum absolute atomic E-state index is 12.8. The standard InChI is InChI=1S/C26H28N4O2/c1-5-7-8-19(6-2)14-24(31)18-29(3)26(32)23-13-20(15-27-16-23)9-10-22-17-28-30(4)25(22)21-11-12-21/h1,6-8,13,15-17,21,24,31H,11-12,14,18H2,2-4H3/b8-7-,19-6+/t24-/m0/s1. The molecular weight excluding hydrogens is 400 g/mol. The first-order valence-electron chi connectivity index (χ1n) is 10.6. The van der Waals surface area contributed by atoms with E-state index < -0.39 is 6.10 Å². The van der Waals surface area contributed by atoms with Crippen molar-refractivity contribution < 1.29 is 9.90 Å². The van der Waals surface area contributed by atoms with Gasteiger partial charge in [0, 0.05) is 44.5 Å². The van der Waals surface area contributed by atoms with E-state index in [1.54, 1.807) is 37.7 Å². The molecule has 1 fully saturated rings. The minimum Gasteiger partial charge on any atom is -0.391 e. The number of terminal acetylenes is 1. The van der Waals surface area contributed by atoms with Gasteiger partial charge in [-0.3, -0.25) is 14.5 Å². The van der Waals surface area contributed by atoms with Gasteiger partial charge in [0.2, 0.25) is 0 Å². The lowest BCUT2D eigenvalue weighted by Crippen LogP contribution is -2.34. The predicted octanol–water partition coefficient (Wildman–Crippen LogP) is 3.05. The molecule has 1 atom stereocenters. The summed E-state index contributed by atoms with van der Waals surface area (Å²) in [5, 5.41) is 14.7. The Hall–Kier alpha value is -3.61. The van der Waals surface area contributed by atoms with E-state index in [9.17, 15) is 9.90 Å². The zero-order chi connectivity index (χ0) is 23.1. The summed E-state index contributed by atoms with van der Waals surface area (Å²) in [4.78, 5) is 18.5. The lowest BCUT2D eigenvalue weighted by molar-refractivity contribution is 0.0682. The van der Waals surface area contributed by atoms with Gasteiger partial charge in [0.25, 0.3) is 5.91 Å². The number of hydrogen-bond acceptors (Lipinski definition) is 4. The molecule has 1 saturated carbocycles. The van der Waals surface area contributed by atoms with Crippen LogP contribution in [0.15, 0.2) is 48.5 Å². The Labute approximate surface area is 189 Å². The molecule has 0 aliphatic heterocycles. The highest BCUT2D eigenvalue weighted by molar-refractivity contribution is 5.94. The van der Waals surface area contributed by atoms with Crippen molar-refractivity contribution in [3.8, 4) is 24.2 Å². The van der Waals surface area contributed by atoms with Crippen LogP contribution in [0.5, 0.6) is 0 Å². The Balaban J connectivity index is 1.67. The molecule has 2 heterocycles. The summed E-state index contributed by atoms with van der Waals surface area (Å²) in [5.74, 6) is 9.05. The first-order chi connectivity index (χ1) is 15.4. The average Bonchev–Trinajstić information content (AvgIpc) is 3.56. The number of pyridine rings is 1. The number of nitrogens with zero attached hydrogens (tertiary/aromatic N) is 4. The van der Waals surface area contributed by atoms with Crippen molar-refractivity contribution in [2.75, 3.05) is 13.6 Å². The molecule has 1 amide bonds. The Morgan fingerprint density at radius 3 is 2.84 bits per heavy atom. The van der Waals surface area contributed by atoms with Crippen molar-refractivity contribution in [2.24, 2.45) is 7.05 Å². The van der Waals surface area contributed by atoms with E-state index >= 15 is 0 Å². The Morgan fingerprint density at radius 1 is 1.38 bits per heavy atom. The molecule has 32 heavy (non-hydrogen) atoms. The second kappa shape index (κ2) is 10.6. The number of aliphatic hydroxyl groups excluding tert-OH is 1. The van der Waals surface area contributed by atoms with Crippen LogP contribution in [0, 0.1) is 24.2 Å². The minimum absolute atomic E-state index is 0.191. The highest BCUT2D eigenvalue weighted by atomic mass is 16.3. The molecule has 1 aliphatic rings. The summed E-state index contributed by atoms with van der Waals surface area (Å²) in [6.45, 7) is 2.07. The van der Waals surface area contributed by atoms with Crippen LogP contribution in [0.4, 0.5) is 0 Å². The van der Waals surface area contributed by atoms with Gasteiger partial charge in [-0.2, -0.15) is 5.10 Å². The Bertz CT molecular complexity index is 1140. The molecule has 1 N–H and O–H groups in total. The van der Waals surface area contributed by atoms with Gasteiger partial charge in [-0.15, -0.1) is 6.42 Å². The van der Waals surface area contributed by atoms with Crippen LogP contribution >= 0.6 is 0 Å². The molecule has 3 rings (SSSR count). The van der Waals surface area contributed by atoms with Gasteiger partial charge in [0.1, 0.15) is 0 Å². The minimum atomic E-state index is -0.708. The average molecular weight is 429 g/mol. The van der Waals surface area contributed by atoms with Gasteiger partial charge in [-0.05, 0) is 43.9 Å². The molecule has 0 bridgehead atoms. The zero-order valence-corrected chi connectivity index (χ0v) is 18.7. The van der Waals surface area contributed by atoms with E-state index in [1.165, 1.54) is 29.6 Å². The molecule has 164 valence electrons. The molecule has 1 aliphatic carbocycles. The smallest absolute Gasteiger partial charge is 0.255 e. The summed E-state index contributed by atoms with van der Waals surface area (Å²) >= 11 is 0. The fraction of sp³-hybridized carbons (Fsp3) is 0.346. The van der Waals surface area contributed by atoms with Crippen LogP contribution in [0.2, 0.25) is 0 Å². The number of allylic oxidation sites excluding steroid dienone is 3. The topological polar surface area (TPSA) is 71.2 Å². The first-order valence-corrected chi connectivity index (χ1v) is 10.6. The largest absolute Gasteiger partial charge is 0.391 e. The van der Waals surface area contributed by atoms with Gasteiger partial charge in [-0.1, -0.05) is 29.9 Å². The van der Waals surface area contributed by atoms with Crippen LogP contribution in [-0.4, -0.2) is 50.4 Å². The van der Waals surface area contributed by atoms with Crippen molar-refractivity contribution in [3.05, 3.63) is 70.8 Å². The predicted molar refractivity (Wildman–Crippen MR) is 125 cm³/mol. The van der Waals surface area contributed by atoms with Gasteiger partial charge in [0.05, 0.1) is 29.1 Å². The highest BCUT2D eigenvalue weighted by Gasteiger charge is 2.28. The number of aromatic nitrogens is 3. The van der Waals surface area contributed by atoms with E-state index in [-0.39, 0.29) is 12.5 Å². The van der Waals surface area contributed by atoms with Gasteiger partial charge >= 0.3 is 0 Å². The number of likely N-dealkylation sites (N-methyl/N-ethyl adjacent to an activating group) is 1. The molecule has 0 aromatic carbocycles. The fourth-order valence-electron chi connectivity index (χ4n) is 3.54. The normalized spacial score (nSPS) is 14.5. The Morgan fingerprint density at radius 2 is 2.16 bits per heavy atom. The maximum atomic E-state index is 12.8. The Kier molecular flexibility index (Phi) is 7.65. The number of aliphatic hydroxyl groups is 1. The van der Waals surface area contributed by atoms with Crippen molar-refractivity contribution in [3.63, 3.8) is 0 Å². The molecular formula is C26H28N4O2. The summed E-state index contributed by atoms with van der Waals surface area (Å²) in [7, 11) is 3.60. The summed E-state index contributed by atoms with van der Waals surface area (Å²) in [6.07, 6.45) is 17.5. The van der Waals surface area contributed by atoms with Crippen LogP contribution in [0.25, 0.3) is 0 Å². The van der Waals surface area contributed by atoms with Crippen LogP contribution in [-0.2, 0) is 7.05 Å². The van der Waals surface area contributed by atoms with Crippen LogP contribution < -0.4 is 0 Å². The van der Waals surface area contributed by atoms with Crippen molar-refractivity contribution in [1.29, 1.82) is 0 Å². The molecule has 2 aromatic heterocycles. The number of carbonyl (C=O) groups excluding carboxylic acids is 1. The lowest BCUT2D eigenvalue weighted by Gasteiger charge is -2.21. The quantitative estimate of drug-likeness (QED) is 0.544. The van der Waals surface area contributed by atoms with Crippen LogP contribution in [0.1, 0.15) is 59.3 Å². The first kappa shape index (κ1) is 23.1. The zero-order valence-electron chi connectivity index (χ0n) is 18.7. The number of carbonyl (C=O) groups is 1. The van der Waals surface area contributed by atoms with Gasteiger partial charge in [0.15, 0.2) is 0 Å². The summed E-state index contributed by atoms with van der Waals surface area (Å²) in [6, 6.07) is 1.73. The summed E-state index contributed by atoms with van der Waals surface area (Å²) < 4.78 is 1.89. The monoisotopic (exact) mass is 428 g/mol. The molecule has 0 spiro atoms. The van der Waals surface area contributed by atoms with E-state index in [0.29, 0.717) is 23.5 Å². The third-order valence-electron chi connectivity index (χ3n) is 5.34. The van der Waals surface area contributed by atoms with E-state index in [2.05, 4.69) is 27.8 Å². The van der Waals surface area contributed by atoms with Crippen molar-refractivity contribution in [2.45, 2.75) is 38.2 Å². The second-order valence-electron chi connectivity index (χ2n) is 7.96. The second-order valence-corrected chi connectivity index (χ2v) is 7.96. The third-order valence-corrected chi connectivity index (χ3v) is 5.34. The van der Waals surface area contributed by atoms with E-state index in [1.807, 2.05) is 24.7 Å².